The summed E-state index contributed by atoms with van der Waals surface area (Å²) in [4.78, 5) is 0. The van der Waals surface area contributed by atoms with Crippen LogP contribution in [-0.4, -0.2) is 6.61 Å². The molecule has 0 aliphatic carbocycles. The molecule has 0 aliphatic heterocycles. The van der Waals surface area contributed by atoms with Gasteiger partial charge >= 0.3 is 0 Å². The van der Waals surface area contributed by atoms with Crippen molar-refractivity contribution in [3.8, 4) is 17.9 Å². The van der Waals surface area contributed by atoms with Gasteiger partial charge in [0.2, 0.25) is 0 Å². The second-order valence-corrected chi connectivity index (χ2v) is 3.43. The van der Waals surface area contributed by atoms with Crippen LogP contribution in [0.1, 0.15) is 31.2 Å². The van der Waals surface area contributed by atoms with Crippen LogP contribution in [0.5, 0.6) is 5.75 Å². The van der Waals surface area contributed by atoms with Crippen LogP contribution >= 0.6 is 0 Å². The third kappa shape index (κ3) is 3.29. The summed E-state index contributed by atoms with van der Waals surface area (Å²) in [6.45, 7) is 2.54. The average molecular weight is 214 g/mol. The molecule has 0 saturated heterocycles. The minimum atomic E-state index is -0.0181. The second-order valence-electron chi connectivity index (χ2n) is 3.43. The van der Waals surface area contributed by atoms with Crippen molar-refractivity contribution in [3.63, 3.8) is 0 Å². The van der Waals surface area contributed by atoms with E-state index in [1.54, 1.807) is 0 Å². The van der Waals surface area contributed by atoms with Crippen molar-refractivity contribution in [1.82, 2.24) is 0 Å². The molecule has 0 aromatic heterocycles. The third-order valence-electron chi connectivity index (χ3n) is 2.32. The van der Waals surface area contributed by atoms with E-state index in [9.17, 15) is 0 Å². The Morgan fingerprint density at radius 2 is 1.94 bits per heavy atom. The van der Waals surface area contributed by atoms with E-state index in [2.05, 4.69) is 12.1 Å². The molecule has 3 nitrogen and oxygen atoms in total. The highest BCUT2D eigenvalue weighted by atomic mass is 16.5. The van der Waals surface area contributed by atoms with E-state index < -0.39 is 0 Å². The monoisotopic (exact) mass is 214 g/mol. The lowest BCUT2D eigenvalue weighted by Gasteiger charge is -2.11. The van der Waals surface area contributed by atoms with Crippen molar-refractivity contribution in [2.45, 2.75) is 25.7 Å². The Labute approximate surface area is 95.9 Å². The van der Waals surface area contributed by atoms with Gasteiger partial charge in [-0.05, 0) is 24.6 Å². The average Bonchev–Trinajstić information content (AvgIpc) is 2.30. The lowest BCUT2D eigenvalue weighted by Crippen LogP contribution is -1.98. The Morgan fingerprint density at radius 1 is 1.25 bits per heavy atom. The molecule has 16 heavy (non-hydrogen) atoms. The summed E-state index contributed by atoms with van der Waals surface area (Å²) in [6.07, 6.45) is 0.728. The molecule has 82 valence electrons. The van der Waals surface area contributed by atoms with Crippen LogP contribution in [-0.2, 0) is 0 Å². The van der Waals surface area contributed by atoms with E-state index in [0.717, 1.165) is 11.3 Å². The highest BCUT2D eigenvalue weighted by Gasteiger charge is 2.11. The number of hydrogen-bond acceptors (Lipinski definition) is 3. The molecule has 0 atom stereocenters. The first-order valence-electron chi connectivity index (χ1n) is 5.28. The zero-order valence-electron chi connectivity index (χ0n) is 9.31. The van der Waals surface area contributed by atoms with Crippen molar-refractivity contribution in [2.75, 3.05) is 6.61 Å². The van der Waals surface area contributed by atoms with Crippen molar-refractivity contribution < 1.29 is 4.74 Å². The minimum absolute atomic E-state index is 0.0181. The number of rotatable bonds is 5. The lowest BCUT2D eigenvalue weighted by atomic mass is 9.93. The van der Waals surface area contributed by atoms with Gasteiger partial charge in [0.15, 0.2) is 0 Å². The Morgan fingerprint density at radius 3 is 2.50 bits per heavy atom. The molecule has 0 unspecified atom stereocenters. The highest BCUT2D eigenvalue weighted by molar-refractivity contribution is 5.31. The maximum Gasteiger partial charge on any atom is 0.119 e. The molecule has 1 aromatic carbocycles. The van der Waals surface area contributed by atoms with Crippen LogP contribution in [0.25, 0.3) is 0 Å². The second kappa shape index (κ2) is 6.48. The summed E-state index contributed by atoms with van der Waals surface area (Å²) in [7, 11) is 0. The molecule has 0 N–H and O–H groups in total. The zero-order chi connectivity index (χ0) is 11.8. The fraction of sp³-hybridized carbons (Fsp3) is 0.385. The number of benzene rings is 1. The molecular weight excluding hydrogens is 200 g/mol. The molecule has 0 bridgehead atoms. The Bertz CT molecular complexity index is 399. The molecule has 0 saturated carbocycles. The van der Waals surface area contributed by atoms with Crippen LogP contribution < -0.4 is 4.74 Å². The molecule has 1 rings (SSSR count). The minimum Gasteiger partial charge on any atom is -0.494 e. The molecular formula is C13H14N2O. The van der Waals surface area contributed by atoms with Gasteiger partial charge in [0.1, 0.15) is 5.75 Å². The summed E-state index contributed by atoms with van der Waals surface area (Å²) in [6, 6.07) is 11.8. The van der Waals surface area contributed by atoms with E-state index in [-0.39, 0.29) is 5.92 Å². The Balaban J connectivity index is 2.87. The standard InChI is InChI=1S/C13H14N2O/c1-2-16-13-5-3-4-12(10-13)11(6-8-14)7-9-15/h3-5,10-11H,2,6-7H2,1H3. The first kappa shape index (κ1) is 12.1. The Kier molecular flexibility index (Phi) is 4.89. The van der Waals surface area contributed by atoms with Crippen molar-refractivity contribution in [1.29, 1.82) is 10.5 Å². The number of nitrogens with zero attached hydrogens (tertiary/aromatic N) is 2. The number of ether oxygens (including phenoxy) is 1. The topological polar surface area (TPSA) is 56.8 Å². The van der Waals surface area contributed by atoms with Gasteiger partial charge in [-0.3, -0.25) is 0 Å². The van der Waals surface area contributed by atoms with E-state index in [0.29, 0.717) is 19.4 Å². The maximum absolute atomic E-state index is 8.71. The van der Waals surface area contributed by atoms with Gasteiger partial charge in [-0.2, -0.15) is 10.5 Å². The van der Waals surface area contributed by atoms with Gasteiger partial charge in [-0.15, -0.1) is 0 Å². The molecule has 0 aliphatic rings. The lowest BCUT2D eigenvalue weighted by molar-refractivity contribution is 0.339. The quantitative estimate of drug-likeness (QED) is 0.757. The van der Waals surface area contributed by atoms with Crippen LogP contribution in [0.3, 0.4) is 0 Å². The normalized spacial score (nSPS) is 9.50. The van der Waals surface area contributed by atoms with Gasteiger partial charge in [0.25, 0.3) is 0 Å². The predicted molar refractivity (Wildman–Crippen MR) is 60.8 cm³/mol. The fourth-order valence-corrected chi connectivity index (χ4v) is 1.55. The molecule has 0 radical (unpaired) electrons. The number of hydrogen-bond donors (Lipinski definition) is 0. The zero-order valence-corrected chi connectivity index (χ0v) is 9.31. The van der Waals surface area contributed by atoms with E-state index in [1.807, 2.05) is 31.2 Å². The molecule has 0 amide bonds. The first-order chi connectivity index (χ1) is 7.81. The van der Waals surface area contributed by atoms with Crippen molar-refractivity contribution >= 4 is 0 Å². The third-order valence-corrected chi connectivity index (χ3v) is 2.32. The highest BCUT2D eigenvalue weighted by Crippen LogP contribution is 2.25. The summed E-state index contributed by atoms with van der Waals surface area (Å²) >= 11 is 0. The predicted octanol–water partition coefficient (Wildman–Crippen LogP) is 3.00. The van der Waals surface area contributed by atoms with Gasteiger partial charge in [0.05, 0.1) is 18.7 Å². The molecule has 3 heteroatoms. The molecule has 0 spiro atoms. The summed E-state index contributed by atoms with van der Waals surface area (Å²) in [5.41, 5.74) is 0.994. The van der Waals surface area contributed by atoms with Gasteiger partial charge in [-0.1, -0.05) is 12.1 Å². The number of nitriles is 2. The molecule has 0 fully saturated rings. The van der Waals surface area contributed by atoms with Crippen molar-refractivity contribution in [2.24, 2.45) is 0 Å². The van der Waals surface area contributed by atoms with E-state index >= 15 is 0 Å². The smallest absolute Gasteiger partial charge is 0.119 e. The molecule has 0 heterocycles. The van der Waals surface area contributed by atoms with E-state index in [4.69, 9.17) is 15.3 Å². The van der Waals surface area contributed by atoms with Gasteiger partial charge in [-0.25, -0.2) is 0 Å². The fourth-order valence-electron chi connectivity index (χ4n) is 1.55. The van der Waals surface area contributed by atoms with Crippen LogP contribution in [0.2, 0.25) is 0 Å². The van der Waals surface area contributed by atoms with Gasteiger partial charge in [0, 0.05) is 18.8 Å². The summed E-state index contributed by atoms with van der Waals surface area (Å²) in [5, 5.41) is 17.4. The van der Waals surface area contributed by atoms with Crippen LogP contribution in [0.4, 0.5) is 0 Å². The van der Waals surface area contributed by atoms with Crippen LogP contribution in [0.15, 0.2) is 24.3 Å². The Hall–Kier alpha value is -2.00. The van der Waals surface area contributed by atoms with Crippen molar-refractivity contribution in [3.05, 3.63) is 29.8 Å². The molecule has 1 aromatic rings. The van der Waals surface area contributed by atoms with Crippen LogP contribution in [0, 0.1) is 22.7 Å². The summed E-state index contributed by atoms with van der Waals surface area (Å²) in [5.74, 6) is 0.774. The van der Waals surface area contributed by atoms with Gasteiger partial charge < -0.3 is 4.74 Å². The largest absolute Gasteiger partial charge is 0.494 e. The first-order valence-corrected chi connectivity index (χ1v) is 5.28. The van der Waals surface area contributed by atoms with E-state index in [1.165, 1.54) is 0 Å². The maximum atomic E-state index is 8.71. The SMILES string of the molecule is CCOc1cccc(C(CC#N)CC#N)c1. The summed E-state index contributed by atoms with van der Waals surface area (Å²) < 4.78 is 5.39.